The highest BCUT2D eigenvalue weighted by Crippen LogP contribution is 2.38. The zero-order chi connectivity index (χ0) is 14.7. The quantitative estimate of drug-likeness (QED) is 0.823. The molecule has 3 rings (SSSR count). The normalized spacial score (nSPS) is 14.1. The highest BCUT2D eigenvalue weighted by atomic mass is 32.2. The van der Waals surface area contributed by atoms with Gasteiger partial charge in [0, 0.05) is 25.1 Å². The Morgan fingerprint density at radius 3 is 3.14 bits per heavy atom. The first-order chi connectivity index (χ1) is 10.3. The van der Waals surface area contributed by atoms with E-state index in [2.05, 4.69) is 20.4 Å². The molecule has 0 atom stereocenters. The van der Waals surface area contributed by atoms with E-state index in [1.807, 2.05) is 6.26 Å². The Balaban J connectivity index is 1.53. The second-order valence-electron chi connectivity index (χ2n) is 4.89. The Labute approximate surface area is 126 Å². The smallest absolute Gasteiger partial charge is 0.254 e. The molecule has 0 radical (unpaired) electrons. The van der Waals surface area contributed by atoms with E-state index < -0.39 is 0 Å². The Bertz CT molecular complexity index is 639. The Kier molecular flexibility index (Phi) is 4.19. The minimum atomic E-state index is -0.130. The lowest BCUT2D eigenvalue weighted by molar-refractivity contribution is 0.0950. The summed E-state index contributed by atoms with van der Waals surface area (Å²) in [6, 6.07) is 3.53. The van der Waals surface area contributed by atoms with E-state index in [4.69, 9.17) is 4.52 Å². The monoisotopic (exact) mass is 304 g/mol. The summed E-state index contributed by atoms with van der Waals surface area (Å²) in [5.74, 6) is 1.73. The van der Waals surface area contributed by atoms with Gasteiger partial charge in [-0.1, -0.05) is 5.16 Å². The third kappa shape index (κ3) is 3.41. The van der Waals surface area contributed by atoms with Crippen LogP contribution in [0.15, 0.2) is 27.9 Å². The molecule has 2 heterocycles. The van der Waals surface area contributed by atoms with Gasteiger partial charge in [0.25, 0.3) is 5.91 Å². The van der Waals surface area contributed by atoms with Crippen LogP contribution in [0.5, 0.6) is 0 Å². The molecular weight excluding hydrogens is 288 g/mol. The summed E-state index contributed by atoms with van der Waals surface area (Å²) in [7, 11) is 0. The largest absolute Gasteiger partial charge is 0.351 e. The van der Waals surface area contributed by atoms with Crippen LogP contribution in [0, 0.1) is 0 Å². The number of thioether (sulfide) groups is 1. The molecule has 21 heavy (non-hydrogen) atoms. The number of hydrogen-bond donors (Lipinski definition) is 1. The molecule has 1 aliphatic carbocycles. The van der Waals surface area contributed by atoms with Crippen molar-refractivity contribution in [2.45, 2.75) is 30.2 Å². The Morgan fingerprint density at radius 2 is 2.38 bits per heavy atom. The highest BCUT2D eigenvalue weighted by molar-refractivity contribution is 7.98. The number of aromatic nitrogens is 3. The SMILES string of the molecule is CSc1ncccc1C(=O)NCCc1nc(C2CC2)no1. The molecule has 1 saturated carbocycles. The first kappa shape index (κ1) is 14.1. The molecule has 2 aromatic heterocycles. The van der Waals surface area contributed by atoms with Gasteiger partial charge in [-0.2, -0.15) is 4.98 Å². The fourth-order valence-electron chi connectivity index (χ4n) is 1.98. The van der Waals surface area contributed by atoms with Gasteiger partial charge >= 0.3 is 0 Å². The zero-order valence-electron chi connectivity index (χ0n) is 11.7. The molecule has 7 heteroatoms. The van der Waals surface area contributed by atoms with Gasteiger partial charge < -0.3 is 9.84 Å². The van der Waals surface area contributed by atoms with Gasteiger partial charge in [0.1, 0.15) is 5.03 Å². The molecule has 0 aromatic carbocycles. The molecule has 0 saturated heterocycles. The van der Waals surface area contributed by atoms with Crippen LogP contribution >= 0.6 is 11.8 Å². The summed E-state index contributed by atoms with van der Waals surface area (Å²) in [5, 5.41) is 7.53. The number of carbonyl (C=O) groups is 1. The summed E-state index contributed by atoms with van der Waals surface area (Å²) in [5.41, 5.74) is 0.592. The lowest BCUT2D eigenvalue weighted by Gasteiger charge is -2.06. The Morgan fingerprint density at radius 1 is 1.52 bits per heavy atom. The third-order valence-corrected chi connectivity index (χ3v) is 3.97. The molecular formula is C14H16N4O2S. The van der Waals surface area contributed by atoms with Crippen LogP contribution in [0.4, 0.5) is 0 Å². The van der Waals surface area contributed by atoms with Crippen molar-refractivity contribution in [2.75, 3.05) is 12.8 Å². The van der Waals surface area contributed by atoms with Crippen molar-refractivity contribution in [3.05, 3.63) is 35.6 Å². The van der Waals surface area contributed by atoms with E-state index in [9.17, 15) is 4.79 Å². The van der Waals surface area contributed by atoms with E-state index in [0.717, 1.165) is 23.7 Å². The van der Waals surface area contributed by atoms with Crippen molar-refractivity contribution >= 4 is 17.7 Å². The second-order valence-corrected chi connectivity index (χ2v) is 5.68. The molecule has 110 valence electrons. The zero-order valence-corrected chi connectivity index (χ0v) is 12.5. The summed E-state index contributed by atoms with van der Waals surface area (Å²) in [6.45, 7) is 0.466. The molecule has 1 N–H and O–H groups in total. The minimum absolute atomic E-state index is 0.130. The van der Waals surface area contributed by atoms with Crippen LogP contribution < -0.4 is 5.32 Å². The maximum atomic E-state index is 12.1. The number of pyridine rings is 1. The van der Waals surface area contributed by atoms with Crippen LogP contribution in [-0.4, -0.2) is 33.8 Å². The molecule has 1 aliphatic rings. The lowest BCUT2D eigenvalue weighted by atomic mass is 10.2. The molecule has 1 amide bonds. The third-order valence-electron chi connectivity index (χ3n) is 3.26. The van der Waals surface area contributed by atoms with Crippen molar-refractivity contribution < 1.29 is 9.32 Å². The van der Waals surface area contributed by atoms with Gasteiger partial charge in [0.2, 0.25) is 5.89 Å². The number of nitrogens with one attached hydrogen (secondary N) is 1. The molecule has 0 aliphatic heterocycles. The van der Waals surface area contributed by atoms with Crippen LogP contribution in [0.2, 0.25) is 0 Å². The summed E-state index contributed by atoms with van der Waals surface area (Å²) < 4.78 is 5.17. The van der Waals surface area contributed by atoms with Crippen LogP contribution in [0.25, 0.3) is 0 Å². The fourth-order valence-corrected chi connectivity index (χ4v) is 2.53. The van der Waals surface area contributed by atoms with Crippen molar-refractivity contribution in [3.63, 3.8) is 0 Å². The summed E-state index contributed by atoms with van der Waals surface area (Å²) in [4.78, 5) is 20.6. The van der Waals surface area contributed by atoms with Crippen molar-refractivity contribution in [1.29, 1.82) is 0 Å². The molecule has 0 bridgehead atoms. The van der Waals surface area contributed by atoms with Gasteiger partial charge in [-0.25, -0.2) is 4.98 Å². The van der Waals surface area contributed by atoms with E-state index in [0.29, 0.717) is 30.3 Å². The topological polar surface area (TPSA) is 80.9 Å². The average molecular weight is 304 g/mol. The number of hydrogen-bond acceptors (Lipinski definition) is 6. The first-order valence-electron chi connectivity index (χ1n) is 6.87. The van der Waals surface area contributed by atoms with Gasteiger partial charge in [0.15, 0.2) is 5.82 Å². The molecule has 2 aromatic rings. The first-order valence-corrected chi connectivity index (χ1v) is 8.10. The lowest BCUT2D eigenvalue weighted by Crippen LogP contribution is -2.26. The fraction of sp³-hybridized carbons (Fsp3) is 0.429. The Hall–Kier alpha value is -1.89. The molecule has 1 fully saturated rings. The molecule has 6 nitrogen and oxygen atoms in total. The predicted molar refractivity (Wildman–Crippen MR) is 78.3 cm³/mol. The number of rotatable bonds is 6. The molecule has 0 spiro atoms. The van der Waals surface area contributed by atoms with Gasteiger partial charge in [0.05, 0.1) is 5.56 Å². The summed E-state index contributed by atoms with van der Waals surface area (Å²) >= 11 is 1.45. The average Bonchev–Trinajstić information content (AvgIpc) is 3.27. The van der Waals surface area contributed by atoms with Gasteiger partial charge in [-0.05, 0) is 31.2 Å². The second kappa shape index (κ2) is 6.26. The number of carbonyl (C=O) groups excluding carboxylic acids is 1. The van der Waals surface area contributed by atoms with E-state index in [-0.39, 0.29) is 5.91 Å². The van der Waals surface area contributed by atoms with Crippen LogP contribution in [-0.2, 0) is 6.42 Å². The predicted octanol–water partition coefficient (Wildman–Crippen LogP) is 2.04. The van der Waals surface area contributed by atoms with Crippen LogP contribution in [0.1, 0.15) is 40.8 Å². The van der Waals surface area contributed by atoms with Gasteiger partial charge in [-0.3, -0.25) is 4.79 Å². The maximum Gasteiger partial charge on any atom is 0.254 e. The van der Waals surface area contributed by atoms with E-state index >= 15 is 0 Å². The number of amides is 1. The van der Waals surface area contributed by atoms with E-state index in [1.54, 1.807) is 18.3 Å². The molecule has 0 unspecified atom stereocenters. The van der Waals surface area contributed by atoms with Gasteiger partial charge in [-0.15, -0.1) is 11.8 Å². The van der Waals surface area contributed by atoms with E-state index in [1.165, 1.54) is 11.8 Å². The minimum Gasteiger partial charge on any atom is -0.351 e. The standard InChI is InChI=1S/C14H16N4O2S/c1-21-14-10(3-2-7-16-14)13(19)15-8-6-11-17-12(18-20-11)9-4-5-9/h2-3,7,9H,4-6,8H2,1H3,(H,15,19). The summed E-state index contributed by atoms with van der Waals surface area (Å²) in [6.07, 6.45) is 6.42. The van der Waals surface area contributed by atoms with Crippen LogP contribution in [0.3, 0.4) is 0 Å². The highest BCUT2D eigenvalue weighted by Gasteiger charge is 2.28. The van der Waals surface area contributed by atoms with Crippen molar-refractivity contribution in [3.8, 4) is 0 Å². The van der Waals surface area contributed by atoms with Crippen molar-refractivity contribution in [1.82, 2.24) is 20.4 Å². The number of nitrogens with zero attached hydrogens (tertiary/aromatic N) is 3. The maximum absolute atomic E-state index is 12.1. The van der Waals surface area contributed by atoms with Crippen molar-refractivity contribution in [2.24, 2.45) is 0 Å².